The van der Waals surface area contributed by atoms with Gasteiger partial charge in [-0.25, -0.2) is 4.98 Å². The average Bonchev–Trinajstić information content (AvgIpc) is 2.41. The molecule has 1 aromatic heterocycles. The predicted octanol–water partition coefficient (Wildman–Crippen LogP) is 2.47. The van der Waals surface area contributed by atoms with Gasteiger partial charge < -0.3 is 19.9 Å². The highest BCUT2D eigenvalue weighted by Crippen LogP contribution is 2.32. The Labute approximate surface area is 105 Å². The third-order valence-corrected chi connectivity index (χ3v) is 2.35. The minimum atomic E-state index is 0.457. The van der Waals surface area contributed by atoms with Gasteiger partial charge in [0.05, 0.1) is 20.4 Å². The van der Waals surface area contributed by atoms with Crippen LogP contribution in [-0.2, 0) is 0 Å². The molecule has 1 heterocycles. The summed E-state index contributed by atoms with van der Waals surface area (Å²) < 4.78 is 15.8. The highest BCUT2D eigenvalue weighted by molar-refractivity contribution is 5.52. The number of hydrogen-bond donors (Lipinski definition) is 1. The van der Waals surface area contributed by atoms with E-state index in [1.54, 1.807) is 50.7 Å². The lowest BCUT2D eigenvalue weighted by molar-refractivity contribution is 0.372. The molecule has 0 aliphatic carbocycles. The Morgan fingerprint density at radius 2 is 1.83 bits per heavy atom. The van der Waals surface area contributed by atoms with E-state index in [4.69, 9.17) is 19.9 Å². The van der Waals surface area contributed by atoms with Crippen molar-refractivity contribution in [2.45, 2.75) is 0 Å². The van der Waals surface area contributed by atoms with Crippen LogP contribution < -0.4 is 19.9 Å². The number of nitrogen functional groups attached to an aromatic ring is 1. The van der Waals surface area contributed by atoms with E-state index in [-0.39, 0.29) is 0 Å². The third-order valence-electron chi connectivity index (χ3n) is 2.35. The lowest BCUT2D eigenvalue weighted by Gasteiger charge is -2.10. The highest BCUT2D eigenvalue weighted by atomic mass is 16.5. The molecule has 0 radical (unpaired) electrons. The van der Waals surface area contributed by atoms with Gasteiger partial charge in [0.1, 0.15) is 5.75 Å². The maximum atomic E-state index is 5.67. The zero-order chi connectivity index (χ0) is 13.0. The summed E-state index contributed by atoms with van der Waals surface area (Å²) in [5.74, 6) is 2.25. The predicted molar refractivity (Wildman–Crippen MR) is 68.3 cm³/mol. The van der Waals surface area contributed by atoms with Crippen molar-refractivity contribution in [2.75, 3.05) is 20.0 Å². The van der Waals surface area contributed by atoms with Gasteiger partial charge in [0.2, 0.25) is 5.88 Å². The standard InChI is InChI=1S/C13H14N2O3/c1-16-10-4-6-13(15-8-10)18-11-5-3-9(14)7-12(11)17-2/h3-8H,14H2,1-2H3. The number of hydrogen-bond acceptors (Lipinski definition) is 5. The Kier molecular flexibility index (Phi) is 3.52. The van der Waals surface area contributed by atoms with Crippen molar-refractivity contribution < 1.29 is 14.2 Å². The molecule has 0 aliphatic heterocycles. The molecule has 0 amide bonds. The van der Waals surface area contributed by atoms with E-state index in [9.17, 15) is 0 Å². The molecular formula is C13H14N2O3. The van der Waals surface area contributed by atoms with Crippen molar-refractivity contribution in [1.29, 1.82) is 0 Å². The SMILES string of the molecule is COc1ccc(Oc2ccc(N)cc2OC)nc1. The summed E-state index contributed by atoms with van der Waals surface area (Å²) in [5.41, 5.74) is 6.28. The summed E-state index contributed by atoms with van der Waals surface area (Å²) in [4.78, 5) is 4.11. The fourth-order valence-corrected chi connectivity index (χ4v) is 1.43. The van der Waals surface area contributed by atoms with Crippen LogP contribution >= 0.6 is 0 Å². The second kappa shape index (κ2) is 5.27. The summed E-state index contributed by atoms with van der Waals surface area (Å²) in [6, 6.07) is 8.65. The van der Waals surface area contributed by atoms with E-state index in [1.165, 1.54) is 0 Å². The number of aromatic nitrogens is 1. The first kappa shape index (κ1) is 12.0. The molecular weight excluding hydrogens is 232 g/mol. The first-order chi connectivity index (χ1) is 8.72. The number of nitrogens with two attached hydrogens (primary N) is 1. The normalized spacial score (nSPS) is 9.89. The summed E-state index contributed by atoms with van der Waals surface area (Å²) in [6.45, 7) is 0. The van der Waals surface area contributed by atoms with E-state index < -0.39 is 0 Å². The van der Waals surface area contributed by atoms with E-state index in [1.807, 2.05) is 0 Å². The van der Waals surface area contributed by atoms with E-state index in [2.05, 4.69) is 4.98 Å². The molecule has 5 heteroatoms. The number of methoxy groups -OCH3 is 2. The maximum absolute atomic E-state index is 5.67. The Morgan fingerprint density at radius 1 is 1.00 bits per heavy atom. The minimum absolute atomic E-state index is 0.457. The molecule has 1 aromatic carbocycles. The van der Waals surface area contributed by atoms with E-state index in [0.717, 1.165) is 0 Å². The molecule has 2 aromatic rings. The summed E-state index contributed by atoms with van der Waals surface area (Å²) >= 11 is 0. The maximum Gasteiger partial charge on any atom is 0.219 e. The molecule has 0 aliphatic rings. The van der Waals surface area contributed by atoms with Crippen molar-refractivity contribution in [3.63, 3.8) is 0 Å². The Balaban J connectivity index is 2.22. The molecule has 0 saturated heterocycles. The molecule has 2 rings (SSSR count). The van der Waals surface area contributed by atoms with Crippen LogP contribution in [0, 0.1) is 0 Å². The number of pyridine rings is 1. The molecule has 0 fully saturated rings. The Morgan fingerprint density at radius 3 is 2.44 bits per heavy atom. The number of ether oxygens (including phenoxy) is 3. The van der Waals surface area contributed by atoms with Crippen LogP contribution in [0.3, 0.4) is 0 Å². The van der Waals surface area contributed by atoms with Crippen molar-refractivity contribution in [2.24, 2.45) is 0 Å². The second-order valence-electron chi connectivity index (χ2n) is 3.55. The van der Waals surface area contributed by atoms with Gasteiger partial charge in [-0.1, -0.05) is 0 Å². The molecule has 0 unspecified atom stereocenters. The van der Waals surface area contributed by atoms with Crippen LogP contribution in [0.15, 0.2) is 36.5 Å². The third kappa shape index (κ3) is 2.63. The van der Waals surface area contributed by atoms with Crippen LogP contribution in [-0.4, -0.2) is 19.2 Å². The molecule has 0 atom stereocenters. The van der Waals surface area contributed by atoms with Gasteiger partial charge in [0.15, 0.2) is 11.5 Å². The summed E-state index contributed by atoms with van der Waals surface area (Å²) in [7, 11) is 3.14. The van der Waals surface area contributed by atoms with Crippen LogP contribution in [0.2, 0.25) is 0 Å². The van der Waals surface area contributed by atoms with Crippen molar-refractivity contribution in [3.05, 3.63) is 36.5 Å². The van der Waals surface area contributed by atoms with Crippen LogP contribution in [0.1, 0.15) is 0 Å². The van der Waals surface area contributed by atoms with Crippen molar-refractivity contribution >= 4 is 5.69 Å². The van der Waals surface area contributed by atoms with Crippen LogP contribution in [0.4, 0.5) is 5.69 Å². The van der Waals surface area contributed by atoms with Crippen molar-refractivity contribution in [3.8, 4) is 23.1 Å². The second-order valence-corrected chi connectivity index (χ2v) is 3.55. The zero-order valence-corrected chi connectivity index (χ0v) is 10.2. The topological polar surface area (TPSA) is 66.6 Å². The van der Waals surface area contributed by atoms with Gasteiger partial charge in [-0.3, -0.25) is 0 Å². The van der Waals surface area contributed by atoms with Gasteiger partial charge in [0.25, 0.3) is 0 Å². The molecule has 94 valence electrons. The van der Waals surface area contributed by atoms with Crippen LogP contribution in [0.5, 0.6) is 23.1 Å². The van der Waals surface area contributed by atoms with E-state index in [0.29, 0.717) is 28.8 Å². The van der Waals surface area contributed by atoms with Gasteiger partial charge in [0, 0.05) is 17.8 Å². The minimum Gasteiger partial charge on any atom is -0.495 e. The quantitative estimate of drug-likeness (QED) is 0.839. The lowest BCUT2D eigenvalue weighted by Crippen LogP contribution is -1.94. The molecule has 0 saturated carbocycles. The average molecular weight is 246 g/mol. The monoisotopic (exact) mass is 246 g/mol. The molecule has 0 spiro atoms. The number of anilines is 1. The summed E-state index contributed by atoms with van der Waals surface area (Å²) in [5, 5.41) is 0. The molecule has 5 nitrogen and oxygen atoms in total. The van der Waals surface area contributed by atoms with Crippen molar-refractivity contribution in [1.82, 2.24) is 4.98 Å². The molecule has 0 bridgehead atoms. The Hall–Kier alpha value is -2.43. The van der Waals surface area contributed by atoms with Gasteiger partial charge in [-0.2, -0.15) is 0 Å². The fraction of sp³-hybridized carbons (Fsp3) is 0.154. The fourth-order valence-electron chi connectivity index (χ4n) is 1.43. The molecule has 18 heavy (non-hydrogen) atoms. The van der Waals surface area contributed by atoms with Crippen LogP contribution in [0.25, 0.3) is 0 Å². The first-order valence-electron chi connectivity index (χ1n) is 5.34. The number of benzene rings is 1. The number of rotatable bonds is 4. The zero-order valence-electron chi connectivity index (χ0n) is 10.2. The summed E-state index contributed by atoms with van der Waals surface area (Å²) in [6.07, 6.45) is 1.58. The Bertz CT molecular complexity index is 526. The lowest BCUT2D eigenvalue weighted by atomic mass is 10.3. The van der Waals surface area contributed by atoms with Gasteiger partial charge in [-0.05, 0) is 18.2 Å². The largest absolute Gasteiger partial charge is 0.495 e. The van der Waals surface area contributed by atoms with E-state index >= 15 is 0 Å². The van der Waals surface area contributed by atoms with Gasteiger partial charge in [-0.15, -0.1) is 0 Å². The highest BCUT2D eigenvalue weighted by Gasteiger charge is 2.06. The smallest absolute Gasteiger partial charge is 0.219 e. The van der Waals surface area contributed by atoms with Gasteiger partial charge >= 0.3 is 0 Å². The number of nitrogens with zero attached hydrogens (tertiary/aromatic N) is 1. The molecule has 2 N–H and O–H groups in total. The first-order valence-corrected chi connectivity index (χ1v) is 5.34.